The maximum Gasteiger partial charge on any atom is 0.326 e. The molecule has 1 aliphatic carbocycles. The number of amides is 2. The van der Waals surface area contributed by atoms with Gasteiger partial charge >= 0.3 is 12.0 Å². The van der Waals surface area contributed by atoms with Crippen molar-refractivity contribution < 1.29 is 14.7 Å². The minimum atomic E-state index is -0.892. The van der Waals surface area contributed by atoms with Crippen LogP contribution in [0.5, 0.6) is 0 Å². The zero-order chi connectivity index (χ0) is 13.2. The summed E-state index contributed by atoms with van der Waals surface area (Å²) in [5.74, 6) is -0.892. The van der Waals surface area contributed by atoms with Crippen molar-refractivity contribution in [3.8, 4) is 0 Å². The summed E-state index contributed by atoms with van der Waals surface area (Å²) in [5, 5.41) is 12.1. The summed E-state index contributed by atoms with van der Waals surface area (Å²) in [6.45, 7) is 2.62. The number of nitrogens with zero attached hydrogens (tertiary/aromatic N) is 1. The van der Waals surface area contributed by atoms with Gasteiger partial charge in [0.25, 0.3) is 0 Å². The van der Waals surface area contributed by atoms with E-state index in [2.05, 4.69) is 12.2 Å². The van der Waals surface area contributed by atoms with E-state index in [0.29, 0.717) is 13.0 Å². The van der Waals surface area contributed by atoms with Gasteiger partial charge in [0.15, 0.2) is 0 Å². The van der Waals surface area contributed by atoms with Crippen molar-refractivity contribution in [3.05, 3.63) is 0 Å². The number of hydrogen-bond acceptors (Lipinski definition) is 2. The summed E-state index contributed by atoms with van der Waals surface area (Å²) >= 11 is 0. The molecule has 0 aromatic carbocycles. The quantitative estimate of drug-likeness (QED) is 0.791. The van der Waals surface area contributed by atoms with Crippen LogP contribution in [0.25, 0.3) is 0 Å². The van der Waals surface area contributed by atoms with Gasteiger partial charge < -0.3 is 15.3 Å². The molecular formula is C13H22N2O3. The standard InChI is InChI=1S/C13H22N2O3/c1-13(7-3-2-4-8-13)14-12(18)15-9-5-6-10(15)11(16)17/h10H,2-9H2,1H3,(H,14,18)(H,16,17)/t10-/m1/s1. The fourth-order valence-electron chi connectivity index (χ4n) is 3.05. The normalized spacial score (nSPS) is 26.9. The first-order valence-corrected chi connectivity index (χ1v) is 6.83. The van der Waals surface area contributed by atoms with Gasteiger partial charge in [0, 0.05) is 12.1 Å². The zero-order valence-electron chi connectivity index (χ0n) is 10.9. The highest BCUT2D eigenvalue weighted by Gasteiger charge is 2.37. The highest BCUT2D eigenvalue weighted by Crippen LogP contribution is 2.28. The van der Waals surface area contributed by atoms with E-state index >= 15 is 0 Å². The molecule has 2 aliphatic rings. The summed E-state index contributed by atoms with van der Waals surface area (Å²) in [4.78, 5) is 24.7. The molecule has 102 valence electrons. The molecule has 1 saturated heterocycles. The van der Waals surface area contributed by atoms with E-state index < -0.39 is 12.0 Å². The second-order valence-corrected chi connectivity index (χ2v) is 5.74. The van der Waals surface area contributed by atoms with Gasteiger partial charge in [0.1, 0.15) is 6.04 Å². The summed E-state index contributed by atoms with van der Waals surface area (Å²) in [6.07, 6.45) is 6.83. The fraction of sp³-hybridized carbons (Fsp3) is 0.846. The number of carbonyl (C=O) groups is 2. The first-order valence-electron chi connectivity index (χ1n) is 6.83. The Kier molecular flexibility index (Phi) is 3.78. The van der Waals surface area contributed by atoms with Crippen molar-refractivity contribution in [2.75, 3.05) is 6.54 Å². The van der Waals surface area contributed by atoms with Gasteiger partial charge in [-0.15, -0.1) is 0 Å². The van der Waals surface area contributed by atoms with Gasteiger partial charge in [-0.3, -0.25) is 0 Å². The van der Waals surface area contributed by atoms with E-state index in [1.807, 2.05) is 0 Å². The molecule has 2 rings (SSSR count). The average Bonchev–Trinajstić information content (AvgIpc) is 2.78. The third kappa shape index (κ3) is 2.76. The Morgan fingerprint density at radius 2 is 1.89 bits per heavy atom. The number of nitrogens with one attached hydrogen (secondary N) is 1. The molecule has 5 heteroatoms. The van der Waals surface area contributed by atoms with E-state index in [1.54, 1.807) is 0 Å². The highest BCUT2D eigenvalue weighted by molar-refractivity contribution is 5.83. The third-order valence-corrected chi connectivity index (χ3v) is 4.16. The van der Waals surface area contributed by atoms with Crippen molar-refractivity contribution in [2.45, 2.75) is 63.5 Å². The molecule has 0 bridgehead atoms. The molecule has 0 aromatic rings. The van der Waals surface area contributed by atoms with Crippen molar-refractivity contribution in [1.82, 2.24) is 10.2 Å². The number of urea groups is 1. The topological polar surface area (TPSA) is 69.6 Å². The van der Waals surface area contributed by atoms with E-state index in [-0.39, 0.29) is 11.6 Å². The largest absolute Gasteiger partial charge is 0.480 e. The molecule has 18 heavy (non-hydrogen) atoms. The van der Waals surface area contributed by atoms with Crippen LogP contribution < -0.4 is 5.32 Å². The molecule has 2 fully saturated rings. The molecule has 0 aromatic heterocycles. The summed E-state index contributed by atoms with van der Waals surface area (Å²) in [7, 11) is 0. The lowest BCUT2D eigenvalue weighted by Gasteiger charge is -2.36. The maximum atomic E-state index is 12.2. The number of carboxylic acid groups (broad SMARTS) is 1. The third-order valence-electron chi connectivity index (χ3n) is 4.16. The van der Waals surface area contributed by atoms with E-state index in [4.69, 9.17) is 5.11 Å². The minimum Gasteiger partial charge on any atom is -0.480 e. The summed E-state index contributed by atoms with van der Waals surface area (Å²) in [5.41, 5.74) is -0.152. The van der Waals surface area contributed by atoms with Gasteiger partial charge in [-0.25, -0.2) is 9.59 Å². The fourth-order valence-corrected chi connectivity index (χ4v) is 3.05. The molecule has 0 spiro atoms. The Bertz CT molecular complexity index is 337. The predicted octanol–water partition coefficient (Wildman–Crippen LogP) is 1.97. The van der Waals surface area contributed by atoms with Crippen LogP contribution in [0.1, 0.15) is 51.9 Å². The van der Waals surface area contributed by atoms with Crippen LogP contribution in [0.2, 0.25) is 0 Å². The Morgan fingerprint density at radius 3 is 2.50 bits per heavy atom. The van der Waals surface area contributed by atoms with Crippen molar-refractivity contribution >= 4 is 12.0 Å². The van der Waals surface area contributed by atoms with E-state index in [9.17, 15) is 9.59 Å². The lowest BCUT2D eigenvalue weighted by Crippen LogP contribution is -2.54. The minimum absolute atomic E-state index is 0.152. The number of carbonyl (C=O) groups excluding carboxylic acids is 1. The second-order valence-electron chi connectivity index (χ2n) is 5.74. The SMILES string of the molecule is CC1(NC(=O)N2CCC[C@@H]2C(=O)O)CCCCC1. The Hall–Kier alpha value is -1.26. The number of carboxylic acids is 1. The summed E-state index contributed by atoms with van der Waals surface area (Å²) in [6, 6.07) is -0.846. The van der Waals surface area contributed by atoms with Crippen molar-refractivity contribution in [3.63, 3.8) is 0 Å². The number of aliphatic carboxylic acids is 1. The van der Waals surface area contributed by atoms with E-state index in [1.165, 1.54) is 11.3 Å². The molecule has 1 saturated carbocycles. The molecule has 0 unspecified atom stereocenters. The van der Waals surface area contributed by atoms with E-state index in [0.717, 1.165) is 32.1 Å². The van der Waals surface area contributed by atoms with Gasteiger partial charge in [-0.05, 0) is 32.6 Å². The van der Waals surface area contributed by atoms with Crippen molar-refractivity contribution in [1.29, 1.82) is 0 Å². The molecule has 5 nitrogen and oxygen atoms in total. The Labute approximate surface area is 108 Å². The van der Waals surface area contributed by atoms with Crippen LogP contribution in [0.15, 0.2) is 0 Å². The molecule has 1 aliphatic heterocycles. The predicted molar refractivity (Wildman–Crippen MR) is 67.4 cm³/mol. The molecular weight excluding hydrogens is 232 g/mol. The van der Waals surface area contributed by atoms with Crippen LogP contribution in [-0.2, 0) is 4.79 Å². The molecule has 1 heterocycles. The smallest absolute Gasteiger partial charge is 0.326 e. The van der Waals surface area contributed by atoms with Crippen LogP contribution in [0.4, 0.5) is 4.79 Å². The Balaban J connectivity index is 1.96. The lowest BCUT2D eigenvalue weighted by atomic mass is 9.83. The first kappa shape index (κ1) is 13.2. The zero-order valence-corrected chi connectivity index (χ0v) is 10.9. The Morgan fingerprint density at radius 1 is 1.22 bits per heavy atom. The van der Waals surface area contributed by atoms with Gasteiger partial charge in [0.05, 0.1) is 0 Å². The van der Waals surface area contributed by atoms with Crippen molar-refractivity contribution in [2.24, 2.45) is 0 Å². The number of rotatable bonds is 2. The van der Waals surface area contributed by atoms with Gasteiger partial charge in [-0.2, -0.15) is 0 Å². The molecule has 1 atom stereocenters. The highest BCUT2D eigenvalue weighted by atomic mass is 16.4. The van der Waals surface area contributed by atoms with Crippen LogP contribution in [0.3, 0.4) is 0 Å². The van der Waals surface area contributed by atoms with Crippen LogP contribution >= 0.6 is 0 Å². The molecule has 2 N–H and O–H groups in total. The van der Waals surface area contributed by atoms with Crippen LogP contribution in [0, 0.1) is 0 Å². The monoisotopic (exact) mass is 254 g/mol. The second kappa shape index (κ2) is 5.16. The number of hydrogen-bond donors (Lipinski definition) is 2. The first-order chi connectivity index (χ1) is 8.52. The maximum absolute atomic E-state index is 12.2. The molecule has 2 amide bonds. The lowest BCUT2D eigenvalue weighted by molar-refractivity contribution is -0.141. The number of likely N-dealkylation sites (tertiary alicyclic amines) is 1. The average molecular weight is 254 g/mol. The van der Waals surface area contributed by atoms with Gasteiger partial charge in [0.2, 0.25) is 0 Å². The molecule has 0 radical (unpaired) electrons. The van der Waals surface area contributed by atoms with Crippen LogP contribution in [-0.4, -0.2) is 40.1 Å². The summed E-state index contributed by atoms with van der Waals surface area (Å²) < 4.78 is 0. The van der Waals surface area contributed by atoms with Gasteiger partial charge in [-0.1, -0.05) is 19.3 Å².